The van der Waals surface area contributed by atoms with Gasteiger partial charge in [0.15, 0.2) is 12.3 Å². The van der Waals surface area contributed by atoms with Crippen LogP contribution in [-0.2, 0) is 16.0 Å². The van der Waals surface area contributed by atoms with Crippen LogP contribution >= 0.6 is 0 Å². The van der Waals surface area contributed by atoms with Crippen molar-refractivity contribution in [1.29, 1.82) is 0 Å². The average Bonchev–Trinajstić information content (AvgIpc) is 2.75. The summed E-state index contributed by atoms with van der Waals surface area (Å²) >= 11 is 0. The molecular weight excluding hydrogens is 372 g/mol. The molecule has 0 fully saturated rings. The summed E-state index contributed by atoms with van der Waals surface area (Å²) in [5, 5.41) is 2.94. The molecule has 0 aliphatic heterocycles. The van der Waals surface area contributed by atoms with Crippen molar-refractivity contribution in [3.05, 3.63) is 108 Å². The SMILES string of the molecule is CC(=O)[C@H](Cc1ccccc1)NC(=O)C[NH+](C)C(c1ccccc1)c1ccccc1. The minimum absolute atomic E-state index is 0.0306. The molecule has 0 aliphatic rings. The number of rotatable bonds is 9. The van der Waals surface area contributed by atoms with Gasteiger partial charge in [0.1, 0.15) is 6.04 Å². The summed E-state index contributed by atoms with van der Waals surface area (Å²) in [6.45, 7) is 1.80. The Labute approximate surface area is 178 Å². The second-order valence-electron chi connectivity index (χ2n) is 7.70. The Morgan fingerprint density at radius 1 is 0.800 bits per heavy atom. The second kappa shape index (κ2) is 10.5. The number of likely N-dealkylation sites (N-methyl/N-ethyl adjacent to an activating group) is 1. The lowest BCUT2D eigenvalue weighted by Crippen LogP contribution is -3.10. The van der Waals surface area contributed by atoms with Gasteiger partial charge in [0, 0.05) is 11.1 Å². The van der Waals surface area contributed by atoms with Crippen LogP contribution in [0.25, 0.3) is 0 Å². The van der Waals surface area contributed by atoms with Crippen LogP contribution < -0.4 is 10.2 Å². The third-order valence-electron chi connectivity index (χ3n) is 5.31. The van der Waals surface area contributed by atoms with Gasteiger partial charge >= 0.3 is 0 Å². The molecule has 0 saturated carbocycles. The fourth-order valence-corrected chi connectivity index (χ4v) is 3.80. The van der Waals surface area contributed by atoms with Gasteiger partial charge in [-0.3, -0.25) is 9.59 Å². The summed E-state index contributed by atoms with van der Waals surface area (Å²) in [6, 6.07) is 29.7. The number of benzene rings is 3. The smallest absolute Gasteiger partial charge is 0.275 e. The number of carbonyl (C=O) groups excluding carboxylic acids is 2. The molecule has 0 spiro atoms. The monoisotopic (exact) mass is 401 g/mol. The summed E-state index contributed by atoms with van der Waals surface area (Å²) in [5.41, 5.74) is 3.34. The normalized spacial score (nSPS) is 12.9. The Kier molecular flexibility index (Phi) is 7.52. The van der Waals surface area contributed by atoms with Crippen LogP contribution in [0, 0.1) is 0 Å². The molecule has 0 aliphatic carbocycles. The molecule has 30 heavy (non-hydrogen) atoms. The maximum absolute atomic E-state index is 12.8. The van der Waals surface area contributed by atoms with Crippen LogP contribution in [0.5, 0.6) is 0 Å². The summed E-state index contributed by atoms with van der Waals surface area (Å²) < 4.78 is 0. The number of nitrogens with one attached hydrogen (secondary N) is 2. The molecule has 3 rings (SSSR count). The number of hydrogen-bond acceptors (Lipinski definition) is 2. The van der Waals surface area contributed by atoms with E-state index in [0.29, 0.717) is 6.42 Å². The van der Waals surface area contributed by atoms with Crippen LogP contribution in [0.15, 0.2) is 91.0 Å². The number of ketones is 1. The van der Waals surface area contributed by atoms with Crippen LogP contribution in [0.2, 0.25) is 0 Å². The minimum atomic E-state index is -0.514. The number of Topliss-reactive ketones (excluding diaryl/α,β-unsaturated/α-hetero) is 1. The van der Waals surface area contributed by atoms with Gasteiger partial charge in [-0.2, -0.15) is 0 Å². The Balaban J connectivity index is 1.72. The lowest BCUT2D eigenvalue weighted by atomic mass is 9.97. The van der Waals surface area contributed by atoms with Crippen LogP contribution in [0.3, 0.4) is 0 Å². The topological polar surface area (TPSA) is 50.6 Å². The van der Waals surface area contributed by atoms with E-state index in [0.717, 1.165) is 21.6 Å². The van der Waals surface area contributed by atoms with Crippen molar-refractivity contribution < 1.29 is 14.5 Å². The first-order valence-corrected chi connectivity index (χ1v) is 10.3. The molecule has 2 atom stereocenters. The Morgan fingerprint density at radius 3 is 1.73 bits per heavy atom. The molecule has 2 N–H and O–H groups in total. The van der Waals surface area contributed by atoms with E-state index in [1.807, 2.05) is 73.8 Å². The van der Waals surface area contributed by atoms with E-state index in [1.165, 1.54) is 6.92 Å². The molecule has 0 heterocycles. The van der Waals surface area contributed by atoms with Crippen molar-refractivity contribution >= 4 is 11.7 Å². The number of hydrogen-bond donors (Lipinski definition) is 2. The highest BCUT2D eigenvalue weighted by molar-refractivity contribution is 5.88. The lowest BCUT2D eigenvalue weighted by molar-refractivity contribution is -0.898. The Morgan fingerprint density at radius 2 is 1.27 bits per heavy atom. The lowest BCUT2D eigenvalue weighted by Gasteiger charge is -2.26. The predicted octanol–water partition coefficient (Wildman–Crippen LogP) is 2.61. The van der Waals surface area contributed by atoms with E-state index in [2.05, 4.69) is 29.6 Å². The van der Waals surface area contributed by atoms with Gasteiger partial charge < -0.3 is 10.2 Å². The standard InChI is InChI=1S/C26H28N2O2/c1-20(29)24(18-21-12-6-3-7-13-21)27-25(30)19-28(2)26(22-14-8-4-9-15-22)23-16-10-5-11-17-23/h3-17,24,26H,18-19H2,1-2H3,(H,27,30)/p+1/t24-/m0/s1. The van der Waals surface area contributed by atoms with Crippen LogP contribution in [-0.4, -0.2) is 31.3 Å². The van der Waals surface area contributed by atoms with Crippen LogP contribution in [0.1, 0.15) is 29.7 Å². The number of quaternary nitrogens is 1. The highest BCUT2D eigenvalue weighted by Crippen LogP contribution is 2.18. The molecule has 3 aromatic carbocycles. The van der Waals surface area contributed by atoms with Crippen molar-refractivity contribution in [2.45, 2.75) is 25.4 Å². The molecule has 4 nitrogen and oxygen atoms in total. The van der Waals surface area contributed by atoms with Crippen molar-refractivity contribution in [1.82, 2.24) is 5.32 Å². The summed E-state index contributed by atoms with van der Waals surface area (Å²) in [6.07, 6.45) is 0.502. The second-order valence-corrected chi connectivity index (χ2v) is 7.70. The van der Waals surface area contributed by atoms with E-state index < -0.39 is 6.04 Å². The molecule has 4 heteroatoms. The maximum atomic E-state index is 12.8. The van der Waals surface area contributed by atoms with E-state index in [4.69, 9.17) is 0 Å². The Hall–Kier alpha value is -3.24. The molecule has 154 valence electrons. The van der Waals surface area contributed by atoms with E-state index >= 15 is 0 Å². The van der Waals surface area contributed by atoms with Gasteiger partial charge in [-0.15, -0.1) is 0 Å². The minimum Gasteiger partial charge on any atom is -0.341 e. The van der Waals surface area contributed by atoms with Crippen molar-refractivity contribution in [2.24, 2.45) is 0 Å². The molecule has 0 aromatic heterocycles. The first-order chi connectivity index (χ1) is 14.5. The third-order valence-corrected chi connectivity index (χ3v) is 5.31. The number of carbonyl (C=O) groups is 2. The van der Waals surface area contributed by atoms with Gasteiger partial charge in [0.2, 0.25) is 0 Å². The maximum Gasteiger partial charge on any atom is 0.275 e. The summed E-state index contributed by atoms with van der Waals surface area (Å²) in [4.78, 5) is 26.0. The van der Waals surface area contributed by atoms with Crippen molar-refractivity contribution in [2.75, 3.05) is 13.6 Å². The highest BCUT2D eigenvalue weighted by Gasteiger charge is 2.26. The first-order valence-electron chi connectivity index (χ1n) is 10.3. The molecule has 1 unspecified atom stereocenters. The Bertz CT molecular complexity index is 903. The predicted molar refractivity (Wildman–Crippen MR) is 119 cm³/mol. The van der Waals surface area contributed by atoms with Crippen molar-refractivity contribution in [3.63, 3.8) is 0 Å². The zero-order chi connectivity index (χ0) is 21.3. The molecular formula is C26H29N2O2+. The van der Waals surface area contributed by atoms with E-state index in [1.54, 1.807) is 0 Å². The molecule has 1 amide bonds. The zero-order valence-corrected chi connectivity index (χ0v) is 17.5. The van der Waals surface area contributed by atoms with Gasteiger partial charge in [-0.05, 0) is 18.9 Å². The largest absolute Gasteiger partial charge is 0.341 e. The first kappa shape index (κ1) is 21.5. The quantitative estimate of drug-likeness (QED) is 0.579. The van der Waals surface area contributed by atoms with Crippen molar-refractivity contribution in [3.8, 4) is 0 Å². The number of amides is 1. The zero-order valence-electron chi connectivity index (χ0n) is 17.5. The highest BCUT2D eigenvalue weighted by atomic mass is 16.2. The fraction of sp³-hybridized carbons (Fsp3) is 0.231. The van der Waals surface area contributed by atoms with Gasteiger partial charge in [0.25, 0.3) is 5.91 Å². The molecule has 0 bridgehead atoms. The molecule has 3 aromatic rings. The van der Waals surface area contributed by atoms with E-state index in [-0.39, 0.29) is 24.3 Å². The molecule has 0 radical (unpaired) electrons. The van der Waals surface area contributed by atoms with E-state index in [9.17, 15) is 9.59 Å². The third kappa shape index (κ3) is 5.88. The van der Waals surface area contributed by atoms with Gasteiger partial charge in [0.05, 0.1) is 13.1 Å². The average molecular weight is 402 g/mol. The molecule has 0 saturated heterocycles. The summed E-state index contributed by atoms with van der Waals surface area (Å²) in [7, 11) is 2.02. The fourth-order valence-electron chi connectivity index (χ4n) is 3.80. The van der Waals surface area contributed by atoms with Gasteiger partial charge in [-0.25, -0.2) is 0 Å². The van der Waals surface area contributed by atoms with Gasteiger partial charge in [-0.1, -0.05) is 91.0 Å². The van der Waals surface area contributed by atoms with Crippen LogP contribution in [0.4, 0.5) is 0 Å². The summed E-state index contributed by atoms with van der Waals surface area (Å²) in [5.74, 6) is -0.159.